The van der Waals surface area contributed by atoms with Crippen molar-refractivity contribution in [2.75, 3.05) is 11.4 Å². The molecule has 4 rings (SSSR count). The molecule has 3 aromatic rings. The second kappa shape index (κ2) is 10.2. The van der Waals surface area contributed by atoms with E-state index in [9.17, 15) is 0 Å². The van der Waals surface area contributed by atoms with Crippen LogP contribution in [0.1, 0.15) is 31.2 Å². The van der Waals surface area contributed by atoms with Gasteiger partial charge >= 0.3 is 0 Å². The summed E-state index contributed by atoms with van der Waals surface area (Å²) in [4.78, 5) is 7.84. The van der Waals surface area contributed by atoms with Crippen molar-refractivity contribution in [3.05, 3.63) is 84.0 Å². The molecule has 0 spiro atoms. The molecule has 1 N–H and O–H groups in total. The van der Waals surface area contributed by atoms with Crippen molar-refractivity contribution in [2.45, 2.75) is 37.8 Å². The van der Waals surface area contributed by atoms with Crippen molar-refractivity contribution in [3.8, 4) is 11.3 Å². The average Bonchev–Trinajstić information content (AvgIpc) is 3.33. The third kappa shape index (κ3) is 4.81. The molecule has 0 amide bonds. The Labute approximate surface area is 199 Å². The predicted molar refractivity (Wildman–Crippen MR) is 135 cm³/mol. The Morgan fingerprint density at radius 1 is 1.12 bits per heavy atom. The Hall–Kier alpha value is -2.83. The zero-order chi connectivity index (χ0) is 22.4. The lowest BCUT2D eigenvalue weighted by Crippen LogP contribution is -2.57. The molecular weight excluding hydrogens is 438 g/mol. The minimum Gasteiger partial charge on any atom is -0.374 e. The molecule has 5 nitrogen and oxygen atoms in total. The van der Waals surface area contributed by atoms with E-state index < -0.39 is 0 Å². The van der Waals surface area contributed by atoms with E-state index in [1.165, 1.54) is 0 Å². The molecule has 1 saturated carbocycles. The maximum absolute atomic E-state index is 6.02. The van der Waals surface area contributed by atoms with Gasteiger partial charge in [0.2, 0.25) is 5.95 Å². The van der Waals surface area contributed by atoms with Gasteiger partial charge in [0.25, 0.3) is 0 Å². The van der Waals surface area contributed by atoms with Crippen LogP contribution in [-0.4, -0.2) is 32.3 Å². The summed E-state index contributed by atoms with van der Waals surface area (Å²) >= 11 is 12.0. The first-order valence-electron chi connectivity index (χ1n) is 10.8. The summed E-state index contributed by atoms with van der Waals surface area (Å²) in [5, 5.41) is 12.9. The van der Waals surface area contributed by atoms with Gasteiger partial charge < -0.3 is 10.2 Å². The summed E-state index contributed by atoms with van der Waals surface area (Å²) in [7, 11) is 0. The van der Waals surface area contributed by atoms with E-state index in [0.29, 0.717) is 19.0 Å². The fraction of sp³-hybridized carbons (Fsp3) is 0.280. The maximum atomic E-state index is 6.02. The Bertz CT molecular complexity index is 1070. The topological polar surface area (TPSA) is 53.9 Å². The summed E-state index contributed by atoms with van der Waals surface area (Å²) in [6.07, 6.45) is 7.65. The van der Waals surface area contributed by atoms with Gasteiger partial charge in [-0.15, -0.1) is 11.7 Å². The number of rotatable bonds is 8. The number of benzene rings is 2. The molecule has 32 heavy (non-hydrogen) atoms. The largest absolute Gasteiger partial charge is 0.374 e. The minimum atomic E-state index is -0.368. The van der Waals surface area contributed by atoms with Crippen molar-refractivity contribution in [1.82, 2.24) is 20.5 Å². The average molecular weight is 464 g/mol. The lowest BCUT2D eigenvalue weighted by Gasteiger charge is -2.41. The molecule has 2 aromatic carbocycles. The van der Waals surface area contributed by atoms with Crippen LogP contribution in [-0.2, 0) is 6.54 Å². The van der Waals surface area contributed by atoms with Gasteiger partial charge in [-0.1, -0.05) is 85.2 Å². The fourth-order valence-corrected chi connectivity index (χ4v) is 4.77. The number of anilines is 1. The highest BCUT2D eigenvalue weighted by Crippen LogP contribution is 2.38. The van der Waals surface area contributed by atoms with E-state index in [0.717, 1.165) is 52.5 Å². The van der Waals surface area contributed by atoms with E-state index in [-0.39, 0.29) is 5.54 Å². The molecule has 1 fully saturated rings. The van der Waals surface area contributed by atoms with Crippen molar-refractivity contribution in [1.29, 1.82) is 0 Å². The summed E-state index contributed by atoms with van der Waals surface area (Å²) < 4.78 is 0. The smallest absolute Gasteiger partial charge is 0.247 e. The zero-order valence-corrected chi connectivity index (χ0v) is 19.4. The van der Waals surface area contributed by atoms with Crippen LogP contribution >= 0.6 is 23.8 Å². The minimum absolute atomic E-state index is 0.368. The van der Waals surface area contributed by atoms with Gasteiger partial charge in [-0.05, 0) is 30.5 Å². The lowest BCUT2D eigenvalue weighted by atomic mass is 9.94. The molecule has 164 valence electrons. The van der Waals surface area contributed by atoms with Crippen LogP contribution in [0.25, 0.3) is 11.3 Å². The number of halogens is 1. The highest BCUT2D eigenvalue weighted by molar-refractivity contribution is 7.80. The van der Waals surface area contributed by atoms with E-state index >= 15 is 0 Å². The van der Waals surface area contributed by atoms with Gasteiger partial charge in [-0.2, -0.15) is 5.10 Å². The van der Waals surface area contributed by atoms with Gasteiger partial charge in [-0.3, -0.25) is 0 Å². The first-order chi connectivity index (χ1) is 15.6. The van der Waals surface area contributed by atoms with Crippen LogP contribution in [0.5, 0.6) is 0 Å². The monoisotopic (exact) mass is 463 g/mol. The number of hydrogen-bond donors (Lipinski definition) is 1. The summed E-state index contributed by atoms with van der Waals surface area (Å²) in [5.74, 6) is 0.573. The van der Waals surface area contributed by atoms with Crippen LogP contribution in [0.2, 0.25) is 5.02 Å². The molecule has 1 aliphatic rings. The normalized spacial score (nSPS) is 14.7. The van der Waals surface area contributed by atoms with Gasteiger partial charge in [0.15, 0.2) is 0 Å². The third-order valence-corrected chi connectivity index (χ3v) is 6.68. The van der Waals surface area contributed by atoms with Crippen LogP contribution in [0, 0.1) is 0 Å². The molecule has 0 unspecified atom stereocenters. The van der Waals surface area contributed by atoms with Gasteiger partial charge in [0.05, 0.1) is 17.4 Å². The number of nitrogens with one attached hydrogen (secondary N) is 1. The highest BCUT2D eigenvalue weighted by Gasteiger charge is 2.44. The first kappa shape index (κ1) is 22.4. The predicted octanol–water partition coefficient (Wildman–Crippen LogP) is 5.61. The Balaban J connectivity index is 1.63. The molecule has 1 heterocycles. The van der Waals surface area contributed by atoms with E-state index in [1.54, 1.807) is 6.20 Å². The summed E-state index contributed by atoms with van der Waals surface area (Å²) in [5.41, 5.74) is 2.56. The van der Waals surface area contributed by atoms with Gasteiger partial charge in [0.1, 0.15) is 4.99 Å². The summed E-state index contributed by atoms with van der Waals surface area (Å²) in [6.45, 7) is 5.20. The highest BCUT2D eigenvalue weighted by atomic mass is 35.5. The van der Waals surface area contributed by atoms with Gasteiger partial charge in [0, 0.05) is 23.7 Å². The van der Waals surface area contributed by atoms with Crippen LogP contribution < -0.4 is 10.2 Å². The number of hydrogen-bond acceptors (Lipinski definition) is 5. The Morgan fingerprint density at radius 3 is 2.53 bits per heavy atom. The van der Waals surface area contributed by atoms with Crippen molar-refractivity contribution >= 4 is 34.8 Å². The van der Waals surface area contributed by atoms with E-state index in [1.807, 2.05) is 60.7 Å². The van der Waals surface area contributed by atoms with Gasteiger partial charge in [-0.25, -0.2) is 4.98 Å². The second-order valence-electron chi connectivity index (χ2n) is 7.95. The molecular formula is C25H26ClN5S. The van der Waals surface area contributed by atoms with Crippen molar-refractivity contribution < 1.29 is 0 Å². The molecule has 0 atom stereocenters. The van der Waals surface area contributed by atoms with Crippen LogP contribution in [0.15, 0.2) is 73.4 Å². The second-order valence-corrected chi connectivity index (χ2v) is 8.80. The SMILES string of the molecule is C=CCN(c1nncc(-c2ccccc2)n1)C1(C(=S)NCc2ccc(Cl)cc2)CCCC1. The maximum Gasteiger partial charge on any atom is 0.247 e. The van der Waals surface area contributed by atoms with Crippen molar-refractivity contribution in [3.63, 3.8) is 0 Å². The van der Waals surface area contributed by atoms with Crippen molar-refractivity contribution in [2.24, 2.45) is 0 Å². The summed E-state index contributed by atoms with van der Waals surface area (Å²) in [6, 6.07) is 17.8. The zero-order valence-electron chi connectivity index (χ0n) is 17.9. The standard InChI is InChI=1S/C25H26ClN5S/c1-2-16-31(24-29-22(18-28-30-24)20-8-4-3-5-9-20)25(14-6-7-15-25)23(32)27-17-19-10-12-21(26)13-11-19/h2-5,8-13,18H,1,6-7,14-17H2,(H,27,32). The molecule has 1 aromatic heterocycles. The molecule has 0 bridgehead atoms. The van der Waals surface area contributed by atoms with E-state index in [2.05, 4.69) is 27.0 Å². The Morgan fingerprint density at radius 2 is 1.84 bits per heavy atom. The van der Waals surface area contributed by atoms with E-state index in [4.69, 9.17) is 28.8 Å². The molecule has 1 aliphatic carbocycles. The number of aromatic nitrogens is 3. The molecule has 0 radical (unpaired) electrons. The third-order valence-electron chi connectivity index (χ3n) is 5.91. The fourth-order valence-electron chi connectivity index (χ4n) is 4.26. The molecule has 0 saturated heterocycles. The Kier molecular flexibility index (Phi) is 7.12. The molecule has 0 aliphatic heterocycles. The lowest BCUT2D eigenvalue weighted by molar-refractivity contribution is 0.512. The quantitative estimate of drug-likeness (QED) is 0.346. The number of nitrogens with zero attached hydrogens (tertiary/aromatic N) is 4. The van der Waals surface area contributed by atoms with Crippen LogP contribution in [0.3, 0.4) is 0 Å². The first-order valence-corrected chi connectivity index (χ1v) is 11.6. The molecule has 7 heteroatoms. The van der Waals surface area contributed by atoms with Crippen LogP contribution in [0.4, 0.5) is 5.95 Å². The number of thiocarbonyl (C=S) groups is 1.